The van der Waals surface area contributed by atoms with Gasteiger partial charge in [0.15, 0.2) is 6.04 Å². The second-order valence-electron chi connectivity index (χ2n) is 10.2. The summed E-state index contributed by atoms with van der Waals surface area (Å²) in [7, 11) is -4.61. The maximum absolute atomic E-state index is 13.0. The Labute approximate surface area is 286 Å². The third kappa shape index (κ3) is 7.43. The van der Waals surface area contributed by atoms with Crippen molar-refractivity contribution in [3.8, 4) is 16.9 Å². The van der Waals surface area contributed by atoms with E-state index in [-0.39, 0.29) is 35.1 Å². The number of hydrogen-bond acceptors (Lipinski definition) is 11. The number of carboxylic acid groups (broad SMARTS) is 1. The summed E-state index contributed by atoms with van der Waals surface area (Å²) in [6.45, 7) is 5.39. The molecule has 1 aliphatic rings. The minimum atomic E-state index is -4.61. The molecule has 0 fully saturated rings. The van der Waals surface area contributed by atoms with Crippen LogP contribution in [-0.2, 0) is 14.9 Å². The molecule has 0 radical (unpaired) electrons. The molecule has 0 aliphatic carbocycles. The van der Waals surface area contributed by atoms with Gasteiger partial charge in [-0.25, -0.2) is 13.2 Å². The average molecular weight is 649 g/mol. The fourth-order valence-electron chi connectivity index (χ4n) is 4.52. The third-order valence-electron chi connectivity index (χ3n) is 6.96. The number of carbonyl (C=O) groups excluding carboxylic acids is 1. The van der Waals surface area contributed by atoms with Gasteiger partial charge in [0.2, 0.25) is 0 Å². The van der Waals surface area contributed by atoms with Crippen molar-refractivity contribution < 1.29 is 62.3 Å². The second-order valence-corrected chi connectivity index (χ2v) is 11.5. The first kappa shape index (κ1) is 34.3. The van der Waals surface area contributed by atoms with Crippen LogP contribution in [0.2, 0.25) is 0 Å². The fourth-order valence-corrected chi connectivity index (χ4v) is 4.99. The summed E-state index contributed by atoms with van der Waals surface area (Å²) in [5.41, 5.74) is 5.43. The van der Waals surface area contributed by atoms with Crippen molar-refractivity contribution in [1.29, 1.82) is 0 Å². The van der Waals surface area contributed by atoms with Crippen molar-refractivity contribution in [3.05, 3.63) is 95.6 Å². The number of azo groups is 2. The number of aromatic carboxylic acids is 1. The number of aromatic hydroxyl groups is 1. The Hall–Kier alpha value is -4.60. The van der Waals surface area contributed by atoms with Crippen LogP contribution >= 0.6 is 0 Å². The smallest absolute Gasteiger partial charge is 0.744 e. The van der Waals surface area contributed by atoms with Gasteiger partial charge in [0, 0.05) is 6.07 Å². The number of aryl methyl sites for hydroxylation is 2. The summed E-state index contributed by atoms with van der Waals surface area (Å²) in [5, 5.41) is 41.1. The van der Waals surface area contributed by atoms with Crippen LogP contribution in [0, 0.1) is 13.8 Å². The Bertz CT molecular complexity index is 2050. The molecule has 4 aromatic carbocycles. The van der Waals surface area contributed by atoms with Crippen molar-refractivity contribution in [3.63, 3.8) is 0 Å². The number of carbonyl (C=O) groups is 2. The largest absolute Gasteiger partial charge is 1.00 e. The van der Waals surface area contributed by atoms with Gasteiger partial charge >= 0.3 is 35.5 Å². The van der Waals surface area contributed by atoms with Gasteiger partial charge in [-0.2, -0.15) is 30.6 Å². The van der Waals surface area contributed by atoms with Crippen LogP contribution in [0.1, 0.15) is 28.4 Å². The first-order chi connectivity index (χ1) is 21.3. The molecule has 1 unspecified atom stereocenters. The van der Waals surface area contributed by atoms with Gasteiger partial charge in [0.25, 0.3) is 5.91 Å². The van der Waals surface area contributed by atoms with Gasteiger partial charge in [-0.15, -0.1) is 0 Å². The normalized spacial score (nSPS) is 15.0. The van der Waals surface area contributed by atoms with E-state index in [0.717, 1.165) is 39.4 Å². The first-order valence-corrected chi connectivity index (χ1v) is 14.8. The van der Waals surface area contributed by atoms with Gasteiger partial charge in [-0.1, -0.05) is 12.1 Å². The molecule has 46 heavy (non-hydrogen) atoms. The van der Waals surface area contributed by atoms with Gasteiger partial charge in [0.1, 0.15) is 21.4 Å². The van der Waals surface area contributed by atoms with E-state index in [1.54, 1.807) is 19.1 Å². The van der Waals surface area contributed by atoms with E-state index in [1.807, 2.05) is 38.1 Å². The van der Waals surface area contributed by atoms with E-state index in [0.29, 0.717) is 28.5 Å². The summed E-state index contributed by atoms with van der Waals surface area (Å²) in [6.07, 6.45) is 0. The predicted octanol–water partition coefficient (Wildman–Crippen LogP) is 3.57. The topological polar surface area (TPSA) is 197 Å². The molecule has 0 bridgehead atoms. The number of rotatable bonds is 8. The molecule has 1 heterocycles. The third-order valence-corrected chi connectivity index (χ3v) is 7.81. The molecule has 5 rings (SSSR count). The molecule has 228 valence electrons. The van der Waals surface area contributed by atoms with Gasteiger partial charge in [-0.3, -0.25) is 4.79 Å². The molecule has 1 atom stereocenters. The Morgan fingerprint density at radius 3 is 1.96 bits per heavy atom. The van der Waals surface area contributed by atoms with Crippen molar-refractivity contribution in [2.75, 3.05) is 5.01 Å². The standard InChI is InChI=1S/C31H26N6O7S.Na/c1-17-14-20(4-12-26(17)33-32-22-6-11-25(31(40)41)28(38)16-22)21-5-13-27(18(2)15-21)34-35-29-19(3)36-37(30(29)39)23-7-9-24(10-8-23)45(42,43)44;/h4-16,29,38H,1-3H3,(H,40,41)(H,42,43,44);/q;+1/p-1. The monoisotopic (exact) mass is 648 g/mol. The van der Waals surface area contributed by atoms with Crippen LogP contribution in [0.15, 0.2) is 109 Å². The van der Waals surface area contributed by atoms with Crippen LogP contribution in [0.3, 0.4) is 0 Å². The second kappa shape index (κ2) is 13.8. The van der Waals surface area contributed by atoms with Crippen LogP contribution in [0.5, 0.6) is 5.75 Å². The van der Waals surface area contributed by atoms with E-state index in [9.17, 15) is 27.7 Å². The summed E-state index contributed by atoms with van der Waals surface area (Å²) in [6, 6.07) is 19.1. The van der Waals surface area contributed by atoms with Crippen LogP contribution < -0.4 is 34.6 Å². The van der Waals surface area contributed by atoms with Crippen molar-refractivity contribution >= 4 is 50.5 Å². The predicted molar refractivity (Wildman–Crippen MR) is 164 cm³/mol. The van der Waals surface area contributed by atoms with Gasteiger partial charge in [-0.05, 0) is 104 Å². The minimum Gasteiger partial charge on any atom is -0.744 e. The van der Waals surface area contributed by atoms with E-state index in [4.69, 9.17) is 5.11 Å². The molecule has 15 heteroatoms. The summed E-state index contributed by atoms with van der Waals surface area (Å²) in [5.74, 6) is -2.10. The van der Waals surface area contributed by atoms with Crippen molar-refractivity contribution in [2.24, 2.45) is 25.6 Å². The Kier molecular flexibility index (Phi) is 10.3. The number of hydrogen-bond donors (Lipinski definition) is 2. The molecule has 0 saturated carbocycles. The van der Waals surface area contributed by atoms with E-state index >= 15 is 0 Å². The Balaban J connectivity index is 0.00000480. The zero-order chi connectivity index (χ0) is 32.5. The zero-order valence-electron chi connectivity index (χ0n) is 25.1. The summed E-state index contributed by atoms with van der Waals surface area (Å²) in [4.78, 5) is 23.7. The number of amides is 1. The van der Waals surface area contributed by atoms with E-state index in [1.165, 1.54) is 30.3 Å². The number of carboxylic acids is 1. The number of anilines is 1. The SMILES string of the molecule is CC1=NN(c2ccc(S(=O)(=O)[O-])cc2)C(=O)C1N=Nc1ccc(-c2ccc(N=Nc3ccc(C(=O)O)c(O)c3)c(C)c2)cc1C.[Na+]. The number of hydrazone groups is 1. The summed E-state index contributed by atoms with van der Waals surface area (Å²) < 4.78 is 33.6. The van der Waals surface area contributed by atoms with Gasteiger partial charge in [0.05, 0.1) is 33.4 Å². The van der Waals surface area contributed by atoms with E-state index in [2.05, 4.69) is 25.6 Å². The van der Waals surface area contributed by atoms with Crippen LogP contribution in [-0.4, -0.2) is 46.8 Å². The molecule has 4 aromatic rings. The van der Waals surface area contributed by atoms with E-state index < -0.39 is 38.7 Å². The number of phenols is 1. The Morgan fingerprint density at radius 1 is 0.848 bits per heavy atom. The fraction of sp³-hybridized carbons (Fsp3) is 0.129. The van der Waals surface area contributed by atoms with Crippen LogP contribution in [0.25, 0.3) is 11.1 Å². The molecule has 0 aromatic heterocycles. The van der Waals surface area contributed by atoms with Crippen molar-refractivity contribution in [2.45, 2.75) is 31.7 Å². The minimum absolute atomic E-state index is 0. The molecule has 0 saturated heterocycles. The molecular formula is C31H25N6NaO7S. The maximum atomic E-state index is 13.0. The van der Waals surface area contributed by atoms with Gasteiger partial charge < -0.3 is 14.8 Å². The zero-order valence-corrected chi connectivity index (χ0v) is 27.9. The molecule has 1 amide bonds. The van der Waals surface area contributed by atoms with Crippen molar-refractivity contribution in [1.82, 2.24) is 0 Å². The quantitative estimate of drug-likeness (QED) is 0.165. The summed E-state index contributed by atoms with van der Waals surface area (Å²) >= 11 is 0. The first-order valence-electron chi connectivity index (χ1n) is 13.4. The molecule has 2 N–H and O–H groups in total. The molecule has 0 spiro atoms. The maximum Gasteiger partial charge on any atom is 1.00 e. The molecular weight excluding hydrogens is 623 g/mol. The van der Waals surface area contributed by atoms with Crippen LogP contribution in [0.4, 0.5) is 22.7 Å². The number of benzene rings is 4. The number of nitrogens with zero attached hydrogens (tertiary/aromatic N) is 6. The molecule has 13 nitrogen and oxygen atoms in total. The Morgan fingerprint density at radius 2 is 1.43 bits per heavy atom. The molecule has 1 aliphatic heterocycles. The average Bonchev–Trinajstić information content (AvgIpc) is 3.27.